The summed E-state index contributed by atoms with van der Waals surface area (Å²) in [5, 5.41) is 12.0. The zero-order chi connectivity index (χ0) is 19.3. The Bertz CT molecular complexity index is 1380. The number of rotatable bonds is 2. The molecule has 0 aliphatic carbocycles. The second kappa shape index (κ2) is 6.09. The van der Waals surface area contributed by atoms with E-state index in [1.807, 2.05) is 49.5 Å². The number of H-pyrrole nitrogens is 2. The summed E-state index contributed by atoms with van der Waals surface area (Å²) in [6, 6.07) is 18.5. The fraction of sp³-hybridized carbons (Fsp3) is 0.0435. The number of benzene rings is 2. The largest absolute Gasteiger partial charge is 0.508 e. The van der Waals surface area contributed by atoms with Crippen LogP contribution < -0.4 is 5.56 Å². The average molecular weight is 367 g/mol. The smallest absolute Gasteiger partial charge is 0.258 e. The molecule has 5 aromatic rings. The van der Waals surface area contributed by atoms with E-state index >= 15 is 0 Å². The zero-order valence-electron chi connectivity index (χ0n) is 15.2. The molecule has 136 valence electrons. The van der Waals surface area contributed by atoms with E-state index in [9.17, 15) is 9.90 Å². The van der Waals surface area contributed by atoms with Gasteiger partial charge in [-0.25, -0.2) is 4.98 Å². The first-order valence-corrected chi connectivity index (χ1v) is 9.01. The molecule has 3 N–H and O–H groups in total. The summed E-state index contributed by atoms with van der Waals surface area (Å²) in [5.74, 6) is 0.171. The van der Waals surface area contributed by atoms with Gasteiger partial charge in [-0.1, -0.05) is 30.3 Å². The number of pyridine rings is 2. The number of phenols is 1. The number of nitrogens with one attached hydrogen (secondary N) is 2. The Morgan fingerprint density at radius 3 is 2.43 bits per heavy atom. The molecule has 0 saturated carbocycles. The minimum atomic E-state index is -0.186. The van der Waals surface area contributed by atoms with Gasteiger partial charge in [0, 0.05) is 28.2 Å². The van der Waals surface area contributed by atoms with Crippen LogP contribution in [0, 0.1) is 6.92 Å². The number of hydrogen-bond acceptors (Lipinski definition) is 3. The summed E-state index contributed by atoms with van der Waals surface area (Å²) in [4.78, 5) is 24.1. The monoisotopic (exact) mass is 367 g/mol. The van der Waals surface area contributed by atoms with Gasteiger partial charge >= 0.3 is 0 Å². The van der Waals surface area contributed by atoms with Crippen molar-refractivity contribution in [1.82, 2.24) is 15.0 Å². The predicted molar refractivity (Wildman–Crippen MR) is 111 cm³/mol. The molecule has 5 nitrogen and oxygen atoms in total. The molecule has 0 radical (unpaired) electrons. The van der Waals surface area contributed by atoms with Crippen LogP contribution in [0.4, 0.5) is 0 Å². The van der Waals surface area contributed by atoms with E-state index in [0.29, 0.717) is 11.1 Å². The van der Waals surface area contributed by atoms with Gasteiger partial charge in [0.2, 0.25) is 0 Å². The molecule has 5 heteroatoms. The third-order valence-electron chi connectivity index (χ3n) is 5.05. The predicted octanol–water partition coefficient (Wildman–Crippen LogP) is 4.75. The van der Waals surface area contributed by atoms with E-state index in [0.717, 1.165) is 38.8 Å². The van der Waals surface area contributed by atoms with E-state index in [-0.39, 0.29) is 11.3 Å². The number of aromatic nitrogens is 3. The van der Waals surface area contributed by atoms with Gasteiger partial charge in [-0.15, -0.1) is 0 Å². The number of nitrogens with zero attached hydrogens (tertiary/aromatic N) is 1. The van der Waals surface area contributed by atoms with Crippen LogP contribution in [0.25, 0.3) is 44.3 Å². The summed E-state index contributed by atoms with van der Waals surface area (Å²) in [7, 11) is 0. The third kappa shape index (κ3) is 2.48. The first-order chi connectivity index (χ1) is 13.6. The van der Waals surface area contributed by atoms with Gasteiger partial charge in [0.05, 0.1) is 11.1 Å². The van der Waals surface area contributed by atoms with Gasteiger partial charge in [0.15, 0.2) is 0 Å². The molecule has 0 unspecified atom stereocenters. The molecule has 0 saturated heterocycles. The van der Waals surface area contributed by atoms with Crippen molar-refractivity contribution in [2.75, 3.05) is 0 Å². The zero-order valence-corrected chi connectivity index (χ0v) is 15.2. The Morgan fingerprint density at radius 1 is 0.929 bits per heavy atom. The number of phenolic OH excluding ortho intramolecular Hbond substituents is 1. The van der Waals surface area contributed by atoms with Gasteiger partial charge in [-0.05, 0) is 48.4 Å². The number of aryl methyl sites for hydroxylation is 1. The molecular formula is C23H17N3O2. The summed E-state index contributed by atoms with van der Waals surface area (Å²) < 4.78 is 0. The fourth-order valence-electron chi connectivity index (χ4n) is 3.70. The first kappa shape index (κ1) is 16.3. The number of fused-ring (bicyclic) bond motifs is 3. The van der Waals surface area contributed by atoms with Crippen LogP contribution in [-0.2, 0) is 0 Å². The Hall–Kier alpha value is -3.86. The number of hydrogen-bond donors (Lipinski definition) is 3. The average Bonchev–Trinajstić information content (AvgIpc) is 3.09. The van der Waals surface area contributed by atoms with Crippen molar-refractivity contribution in [2.24, 2.45) is 0 Å². The van der Waals surface area contributed by atoms with Crippen molar-refractivity contribution < 1.29 is 5.11 Å². The lowest BCUT2D eigenvalue weighted by Crippen LogP contribution is -2.10. The third-order valence-corrected chi connectivity index (χ3v) is 5.05. The Kier molecular flexibility index (Phi) is 3.55. The topological polar surface area (TPSA) is 81.8 Å². The van der Waals surface area contributed by atoms with Crippen LogP contribution in [0.3, 0.4) is 0 Å². The molecule has 3 heterocycles. The second-order valence-electron chi connectivity index (χ2n) is 6.87. The summed E-state index contributed by atoms with van der Waals surface area (Å²) in [5.41, 5.74) is 4.66. The molecular weight excluding hydrogens is 350 g/mol. The van der Waals surface area contributed by atoms with Gasteiger partial charge in [-0.3, -0.25) is 4.79 Å². The van der Waals surface area contributed by atoms with Crippen LogP contribution in [0.2, 0.25) is 0 Å². The van der Waals surface area contributed by atoms with Crippen LogP contribution in [0.15, 0.2) is 71.7 Å². The van der Waals surface area contributed by atoms with Crippen LogP contribution >= 0.6 is 0 Å². The molecule has 2 aromatic carbocycles. The van der Waals surface area contributed by atoms with Crippen LogP contribution in [0.1, 0.15) is 5.56 Å². The van der Waals surface area contributed by atoms with Gasteiger partial charge in [0.25, 0.3) is 5.56 Å². The van der Waals surface area contributed by atoms with Gasteiger partial charge in [0.1, 0.15) is 11.4 Å². The minimum absolute atomic E-state index is 0.171. The second-order valence-corrected chi connectivity index (χ2v) is 6.87. The first-order valence-electron chi connectivity index (χ1n) is 9.01. The maximum Gasteiger partial charge on any atom is 0.258 e. The SMILES string of the molecule is Cc1c[nH]c2nc(-c3ccc(O)cc3)c3c(=O)[nH]c(-c4ccccc4)cc3c12. The van der Waals surface area contributed by atoms with E-state index in [4.69, 9.17) is 4.98 Å². The van der Waals surface area contributed by atoms with Gasteiger partial charge in [-0.2, -0.15) is 0 Å². The van der Waals surface area contributed by atoms with E-state index in [1.165, 1.54) is 0 Å². The van der Waals surface area contributed by atoms with Crippen LogP contribution in [-0.4, -0.2) is 20.1 Å². The summed E-state index contributed by atoms with van der Waals surface area (Å²) in [6.45, 7) is 2.00. The van der Waals surface area contributed by atoms with E-state index in [2.05, 4.69) is 9.97 Å². The number of aromatic hydroxyl groups is 1. The van der Waals surface area contributed by atoms with Crippen molar-refractivity contribution in [1.29, 1.82) is 0 Å². The molecule has 5 rings (SSSR count). The van der Waals surface area contributed by atoms with E-state index < -0.39 is 0 Å². The molecule has 28 heavy (non-hydrogen) atoms. The molecule has 0 amide bonds. The normalized spacial score (nSPS) is 11.3. The lowest BCUT2D eigenvalue weighted by molar-refractivity contribution is 0.475. The molecule has 0 spiro atoms. The Balaban J connectivity index is 1.92. The van der Waals surface area contributed by atoms with Crippen molar-refractivity contribution in [3.8, 4) is 28.3 Å². The van der Waals surface area contributed by atoms with Crippen molar-refractivity contribution >= 4 is 21.8 Å². The highest BCUT2D eigenvalue weighted by Gasteiger charge is 2.17. The Labute approximate surface area is 160 Å². The minimum Gasteiger partial charge on any atom is -0.508 e. The maximum absolute atomic E-state index is 13.2. The summed E-state index contributed by atoms with van der Waals surface area (Å²) >= 11 is 0. The quantitative estimate of drug-likeness (QED) is 0.421. The highest BCUT2D eigenvalue weighted by atomic mass is 16.3. The molecule has 0 bridgehead atoms. The van der Waals surface area contributed by atoms with Crippen molar-refractivity contribution in [3.05, 3.63) is 82.8 Å². The molecule has 0 aliphatic rings. The molecule has 3 aromatic heterocycles. The molecule has 0 aliphatic heterocycles. The fourth-order valence-corrected chi connectivity index (χ4v) is 3.70. The summed E-state index contributed by atoms with van der Waals surface area (Å²) in [6.07, 6.45) is 1.90. The lowest BCUT2D eigenvalue weighted by atomic mass is 10.00. The number of aromatic amines is 2. The van der Waals surface area contributed by atoms with E-state index in [1.54, 1.807) is 24.3 Å². The maximum atomic E-state index is 13.2. The Morgan fingerprint density at radius 2 is 1.68 bits per heavy atom. The van der Waals surface area contributed by atoms with Crippen LogP contribution in [0.5, 0.6) is 5.75 Å². The van der Waals surface area contributed by atoms with Crippen molar-refractivity contribution in [3.63, 3.8) is 0 Å². The van der Waals surface area contributed by atoms with Crippen molar-refractivity contribution in [2.45, 2.75) is 6.92 Å². The molecule has 0 atom stereocenters. The highest BCUT2D eigenvalue weighted by molar-refractivity contribution is 6.12. The molecule has 0 fully saturated rings. The lowest BCUT2D eigenvalue weighted by Gasteiger charge is -2.10. The highest BCUT2D eigenvalue weighted by Crippen LogP contribution is 2.33. The standard InChI is InChI=1S/C23H17N3O2/c1-13-12-24-22-19(13)17-11-18(14-5-3-2-4-6-14)25-23(28)20(17)21(26-22)15-7-9-16(27)10-8-15/h2-12,27H,1H3,(H,24,26)(H,25,28). The van der Waals surface area contributed by atoms with Gasteiger partial charge < -0.3 is 15.1 Å².